The highest BCUT2D eigenvalue weighted by Crippen LogP contribution is 2.40. The van der Waals surface area contributed by atoms with Crippen LogP contribution >= 0.6 is 0 Å². The molecule has 0 spiro atoms. The van der Waals surface area contributed by atoms with Gasteiger partial charge in [0.2, 0.25) is 5.88 Å². The van der Waals surface area contributed by atoms with Crippen molar-refractivity contribution in [3.63, 3.8) is 0 Å². The third-order valence-electron chi connectivity index (χ3n) is 4.50. The molecule has 1 aliphatic carbocycles. The molecular formula is C17H29N3O. The summed E-state index contributed by atoms with van der Waals surface area (Å²) in [5.74, 6) is 1.87. The van der Waals surface area contributed by atoms with Crippen LogP contribution in [0, 0.1) is 11.3 Å². The molecule has 1 aliphatic rings. The second-order valence-electron chi connectivity index (χ2n) is 6.71. The van der Waals surface area contributed by atoms with Crippen LogP contribution in [0.5, 0.6) is 5.88 Å². The monoisotopic (exact) mass is 291 g/mol. The van der Waals surface area contributed by atoms with Crippen LogP contribution in [0.1, 0.15) is 52.9 Å². The molecule has 0 aliphatic heterocycles. The van der Waals surface area contributed by atoms with Gasteiger partial charge >= 0.3 is 0 Å². The van der Waals surface area contributed by atoms with E-state index in [0.29, 0.717) is 29.5 Å². The van der Waals surface area contributed by atoms with Gasteiger partial charge in [-0.15, -0.1) is 0 Å². The average Bonchev–Trinajstić information content (AvgIpc) is 2.94. The lowest BCUT2D eigenvalue weighted by Crippen LogP contribution is -2.26. The number of rotatable bonds is 7. The maximum atomic E-state index is 5.93. The Bertz CT molecular complexity index is 453. The number of nitrogens with zero attached hydrogens (tertiary/aromatic N) is 1. The fraction of sp³-hybridized carbons (Fsp3) is 0.706. The smallest absolute Gasteiger partial charge is 0.239 e. The Hall–Kier alpha value is -1.45. The lowest BCUT2D eigenvalue weighted by atomic mass is 9.83. The van der Waals surface area contributed by atoms with E-state index in [1.807, 2.05) is 12.1 Å². The van der Waals surface area contributed by atoms with Crippen LogP contribution in [0.2, 0.25) is 0 Å². The molecule has 0 radical (unpaired) electrons. The minimum absolute atomic E-state index is 0.446. The summed E-state index contributed by atoms with van der Waals surface area (Å²) in [6.07, 6.45) is 6.58. The summed E-state index contributed by atoms with van der Waals surface area (Å²) in [5.41, 5.74) is 6.98. The number of nitrogen functional groups attached to an aromatic ring is 1. The van der Waals surface area contributed by atoms with E-state index < -0.39 is 0 Å². The molecular weight excluding hydrogens is 262 g/mol. The van der Waals surface area contributed by atoms with Crippen LogP contribution in [0.3, 0.4) is 0 Å². The first kappa shape index (κ1) is 15.9. The summed E-state index contributed by atoms with van der Waals surface area (Å²) in [7, 11) is 0. The normalized spacial score (nSPS) is 17.1. The Morgan fingerprint density at radius 1 is 1.33 bits per heavy atom. The van der Waals surface area contributed by atoms with Crippen molar-refractivity contribution < 1.29 is 4.74 Å². The maximum Gasteiger partial charge on any atom is 0.239 e. The van der Waals surface area contributed by atoms with Gasteiger partial charge in [0.05, 0.1) is 12.3 Å². The van der Waals surface area contributed by atoms with E-state index in [1.165, 1.54) is 32.1 Å². The van der Waals surface area contributed by atoms with Crippen LogP contribution in [0.25, 0.3) is 0 Å². The molecule has 1 fully saturated rings. The molecule has 0 aromatic carbocycles. The Kier molecular flexibility index (Phi) is 5.32. The number of anilines is 2. The van der Waals surface area contributed by atoms with Crippen molar-refractivity contribution >= 4 is 11.5 Å². The van der Waals surface area contributed by atoms with Crippen molar-refractivity contribution in [1.82, 2.24) is 4.98 Å². The zero-order valence-electron chi connectivity index (χ0n) is 13.6. The van der Waals surface area contributed by atoms with E-state index in [9.17, 15) is 0 Å². The topological polar surface area (TPSA) is 60.2 Å². The molecule has 118 valence electrons. The van der Waals surface area contributed by atoms with Gasteiger partial charge in [-0.2, -0.15) is 4.98 Å². The minimum Gasteiger partial charge on any atom is -0.476 e. The number of nitrogens with one attached hydrogen (secondary N) is 1. The molecule has 0 unspecified atom stereocenters. The Morgan fingerprint density at radius 2 is 2.05 bits per heavy atom. The van der Waals surface area contributed by atoms with Gasteiger partial charge in [0.1, 0.15) is 5.82 Å². The number of hydrogen-bond acceptors (Lipinski definition) is 4. The second-order valence-corrected chi connectivity index (χ2v) is 6.71. The molecule has 3 N–H and O–H groups in total. The summed E-state index contributed by atoms with van der Waals surface area (Å²) < 4.78 is 5.69. The average molecular weight is 291 g/mol. The van der Waals surface area contributed by atoms with Crippen molar-refractivity contribution in [2.45, 2.75) is 52.9 Å². The third kappa shape index (κ3) is 4.26. The lowest BCUT2D eigenvalue weighted by Gasteiger charge is -2.28. The van der Waals surface area contributed by atoms with E-state index in [4.69, 9.17) is 10.5 Å². The molecule has 4 heteroatoms. The van der Waals surface area contributed by atoms with Crippen molar-refractivity contribution in [2.24, 2.45) is 11.3 Å². The largest absolute Gasteiger partial charge is 0.476 e. The van der Waals surface area contributed by atoms with Gasteiger partial charge < -0.3 is 15.8 Å². The highest BCUT2D eigenvalue weighted by Gasteiger charge is 2.31. The predicted molar refractivity (Wildman–Crippen MR) is 88.7 cm³/mol. The minimum atomic E-state index is 0.446. The van der Waals surface area contributed by atoms with E-state index in [-0.39, 0.29) is 0 Å². The number of nitrogens with two attached hydrogens (primary N) is 1. The van der Waals surface area contributed by atoms with Gasteiger partial charge in [0, 0.05) is 6.54 Å². The number of pyridine rings is 1. The Balaban J connectivity index is 1.98. The number of ether oxygens (including phenoxy) is 1. The van der Waals surface area contributed by atoms with Crippen molar-refractivity contribution in [3.8, 4) is 5.88 Å². The quantitative estimate of drug-likeness (QED) is 0.794. The molecule has 21 heavy (non-hydrogen) atoms. The fourth-order valence-corrected chi connectivity index (χ4v) is 2.97. The summed E-state index contributed by atoms with van der Waals surface area (Å²) in [6, 6.07) is 3.81. The van der Waals surface area contributed by atoms with E-state index >= 15 is 0 Å². The van der Waals surface area contributed by atoms with Gasteiger partial charge in [-0.25, -0.2) is 0 Å². The number of hydrogen-bond donors (Lipinski definition) is 2. The molecule has 0 atom stereocenters. The SMILES string of the molecule is CCC1(CNc2ccc(N)c(OCC(C)C)n2)CCCC1. The maximum absolute atomic E-state index is 5.93. The van der Waals surface area contributed by atoms with Crippen LogP contribution in [0.4, 0.5) is 11.5 Å². The standard InChI is InChI=1S/C17H29N3O/c1-4-17(9-5-6-10-17)12-19-15-8-7-14(18)16(20-15)21-11-13(2)3/h7-8,13H,4-6,9-12,18H2,1-3H3,(H,19,20). The Labute approximate surface area is 128 Å². The molecule has 2 rings (SSSR count). The van der Waals surface area contributed by atoms with Crippen LogP contribution in [-0.4, -0.2) is 18.1 Å². The van der Waals surface area contributed by atoms with Crippen LogP contribution in [-0.2, 0) is 0 Å². The summed E-state index contributed by atoms with van der Waals surface area (Å²) in [6.45, 7) is 8.15. The van der Waals surface area contributed by atoms with Gasteiger partial charge in [0.25, 0.3) is 0 Å². The summed E-state index contributed by atoms with van der Waals surface area (Å²) in [5, 5.41) is 3.49. The molecule has 1 aromatic heterocycles. The zero-order valence-corrected chi connectivity index (χ0v) is 13.6. The van der Waals surface area contributed by atoms with E-state index in [0.717, 1.165) is 12.4 Å². The lowest BCUT2D eigenvalue weighted by molar-refractivity contribution is 0.263. The van der Waals surface area contributed by atoms with Gasteiger partial charge in [-0.1, -0.05) is 33.6 Å². The van der Waals surface area contributed by atoms with Gasteiger partial charge in [-0.05, 0) is 42.7 Å². The van der Waals surface area contributed by atoms with Gasteiger partial charge in [0.15, 0.2) is 0 Å². The molecule has 4 nitrogen and oxygen atoms in total. The molecule has 1 aromatic rings. The zero-order chi connectivity index (χ0) is 15.3. The molecule has 1 saturated carbocycles. The van der Waals surface area contributed by atoms with Crippen LogP contribution < -0.4 is 15.8 Å². The highest BCUT2D eigenvalue weighted by atomic mass is 16.5. The highest BCUT2D eigenvalue weighted by molar-refractivity contribution is 5.53. The summed E-state index contributed by atoms with van der Waals surface area (Å²) >= 11 is 0. The predicted octanol–water partition coefficient (Wildman–Crippen LogP) is 4.08. The molecule has 0 amide bonds. The molecule has 0 bridgehead atoms. The first-order valence-electron chi connectivity index (χ1n) is 8.18. The fourth-order valence-electron chi connectivity index (χ4n) is 2.97. The summed E-state index contributed by atoms with van der Waals surface area (Å²) in [4.78, 5) is 4.51. The van der Waals surface area contributed by atoms with Gasteiger partial charge in [-0.3, -0.25) is 0 Å². The van der Waals surface area contributed by atoms with Crippen molar-refractivity contribution in [3.05, 3.63) is 12.1 Å². The van der Waals surface area contributed by atoms with E-state index in [1.54, 1.807) is 0 Å². The number of aromatic nitrogens is 1. The van der Waals surface area contributed by atoms with Crippen molar-refractivity contribution in [2.75, 3.05) is 24.2 Å². The second kappa shape index (κ2) is 7.01. The molecule has 0 saturated heterocycles. The van der Waals surface area contributed by atoms with E-state index in [2.05, 4.69) is 31.1 Å². The van der Waals surface area contributed by atoms with Crippen molar-refractivity contribution in [1.29, 1.82) is 0 Å². The third-order valence-corrected chi connectivity index (χ3v) is 4.50. The Morgan fingerprint density at radius 3 is 2.67 bits per heavy atom. The van der Waals surface area contributed by atoms with Crippen LogP contribution in [0.15, 0.2) is 12.1 Å². The first-order valence-corrected chi connectivity index (χ1v) is 8.18. The first-order chi connectivity index (χ1) is 10.0. The molecule has 1 heterocycles.